The highest BCUT2D eigenvalue weighted by Gasteiger charge is 2.33. The van der Waals surface area contributed by atoms with Crippen molar-refractivity contribution in [2.75, 3.05) is 0 Å². The molecule has 0 fully saturated rings. The molecular formula is C16H11F2NO2. The van der Waals surface area contributed by atoms with Crippen molar-refractivity contribution in [3.8, 4) is 0 Å². The smallest absolute Gasteiger partial charge is 0.412 e. The molecule has 1 unspecified atom stereocenters. The van der Waals surface area contributed by atoms with Gasteiger partial charge in [-0.1, -0.05) is 30.3 Å². The van der Waals surface area contributed by atoms with Crippen LogP contribution in [0.15, 0.2) is 48.7 Å². The van der Waals surface area contributed by atoms with Crippen LogP contribution in [0.3, 0.4) is 0 Å². The van der Waals surface area contributed by atoms with Crippen LogP contribution in [0.1, 0.15) is 22.7 Å². The fourth-order valence-electron chi connectivity index (χ4n) is 2.55. The van der Waals surface area contributed by atoms with Gasteiger partial charge in [-0.05, 0) is 29.3 Å². The average molecular weight is 287 g/mol. The van der Waals surface area contributed by atoms with Crippen LogP contribution in [-0.4, -0.2) is 16.1 Å². The van der Waals surface area contributed by atoms with Crippen molar-refractivity contribution in [1.82, 2.24) is 4.90 Å². The number of hydrogen-bond acceptors (Lipinski definition) is 1. The number of hydrogen-bond donors (Lipinski definition) is 1. The maximum Gasteiger partial charge on any atom is 0.412 e. The Morgan fingerprint density at radius 2 is 1.71 bits per heavy atom. The third kappa shape index (κ3) is 2.16. The molecule has 0 bridgehead atoms. The molecule has 2 aromatic rings. The Kier molecular flexibility index (Phi) is 3.17. The Morgan fingerprint density at radius 3 is 2.38 bits per heavy atom. The highest BCUT2D eigenvalue weighted by atomic mass is 19.1. The van der Waals surface area contributed by atoms with E-state index >= 15 is 0 Å². The van der Waals surface area contributed by atoms with Gasteiger partial charge in [-0.3, -0.25) is 4.90 Å². The van der Waals surface area contributed by atoms with E-state index in [9.17, 15) is 18.7 Å². The van der Waals surface area contributed by atoms with Gasteiger partial charge < -0.3 is 5.11 Å². The first kappa shape index (κ1) is 13.3. The zero-order valence-electron chi connectivity index (χ0n) is 10.8. The van der Waals surface area contributed by atoms with E-state index in [4.69, 9.17) is 0 Å². The second-order valence-corrected chi connectivity index (χ2v) is 4.67. The van der Waals surface area contributed by atoms with Crippen LogP contribution in [0.2, 0.25) is 0 Å². The Balaban J connectivity index is 2.25. The van der Waals surface area contributed by atoms with E-state index in [1.807, 2.05) is 0 Å². The molecule has 0 aliphatic carbocycles. The number of carbonyl (C=O) groups is 1. The lowest BCUT2D eigenvalue weighted by Gasteiger charge is -2.31. The van der Waals surface area contributed by atoms with Crippen molar-refractivity contribution >= 4 is 12.2 Å². The maximum absolute atomic E-state index is 14.1. The summed E-state index contributed by atoms with van der Waals surface area (Å²) in [4.78, 5) is 12.3. The van der Waals surface area contributed by atoms with E-state index in [1.165, 1.54) is 12.3 Å². The lowest BCUT2D eigenvalue weighted by atomic mass is 9.90. The summed E-state index contributed by atoms with van der Waals surface area (Å²) >= 11 is 0. The highest BCUT2D eigenvalue weighted by Crippen LogP contribution is 2.37. The van der Waals surface area contributed by atoms with Crippen molar-refractivity contribution in [3.63, 3.8) is 0 Å². The van der Waals surface area contributed by atoms with Crippen molar-refractivity contribution in [1.29, 1.82) is 0 Å². The molecule has 0 saturated heterocycles. The largest absolute Gasteiger partial charge is 0.465 e. The molecule has 0 saturated carbocycles. The van der Waals surface area contributed by atoms with Crippen LogP contribution < -0.4 is 0 Å². The fourth-order valence-corrected chi connectivity index (χ4v) is 2.55. The molecule has 5 heteroatoms. The molecule has 1 aliphatic heterocycles. The van der Waals surface area contributed by atoms with Gasteiger partial charge in [0.05, 0.1) is 11.6 Å². The molecule has 0 radical (unpaired) electrons. The molecule has 0 spiro atoms. The molecule has 1 atom stereocenters. The highest BCUT2D eigenvalue weighted by molar-refractivity contribution is 5.73. The van der Waals surface area contributed by atoms with Crippen molar-refractivity contribution in [3.05, 3.63) is 77.0 Å². The first-order valence-electron chi connectivity index (χ1n) is 6.32. The monoisotopic (exact) mass is 287 g/mol. The molecule has 0 aromatic heterocycles. The molecule has 21 heavy (non-hydrogen) atoms. The van der Waals surface area contributed by atoms with E-state index in [2.05, 4.69) is 0 Å². The van der Waals surface area contributed by atoms with Gasteiger partial charge >= 0.3 is 6.09 Å². The Bertz CT molecular complexity index is 723. The summed E-state index contributed by atoms with van der Waals surface area (Å²) in [6.45, 7) is 0. The standard InChI is InChI=1S/C16H11F2NO2/c17-12-6-3-7-13(18)14(12)15-11-5-2-1-4-10(11)8-9-19(15)16(20)21/h1-9,15H,(H,20,21). The first-order chi connectivity index (χ1) is 10.1. The van der Waals surface area contributed by atoms with Crippen LogP contribution >= 0.6 is 0 Å². The predicted octanol–water partition coefficient (Wildman–Crippen LogP) is 4.02. The van der Waals surface area contributed by atoms with Gasteiger partial charge in [0.1, 0.15) is 11.6 Å². The van der Waals surface area contributed by atoms with Crippen LogP contribution in [0.5, 0.6) is 0 Å². The average Bonchev–Trinajstić information content (AvgIpc) is 2.46. The second-order valence-electron chi connectivity index (χ2n) is 4.67. The molecule has 2 aromatic carbocycles. The van der Waals surface area contributed by atoms with Crippen LogP contribution in [0, 0.1) is 11.6 Å². The number of halogens is 2. The minimum absolute atomic E-state index is 0.267. The molecule has 3 rings (SSSR count). The third-order valence-electron chi connectivity index (χ3n) is 3.48. The molecule has 106 valence electrons. The third-order valence-corrected chi connectivity index (χ3v) is 3.48. The summed E-state index contributed by atoms with van der Waals surface area (Å²) in [7, 11) is 0. The fraction of sp³-hybridized carbons (Fsp3) is 0.0625. The van der Waals surface area contributed by atoms with E-state index in [1.54, 1.807) is 30.3 Å². The summed E-state index contributed by atoms with van der Waals surface area (Å²) in [5.41, 5.74) is 1.02. The zero-order valence-corrected chi connectivity index (χ0v) is 10.8. The summed E-state index contributed by atoms with van der Waals surface area (Å²) in [6.07, 6.45) is 1.66. The quantitative estimate of drug-likeness (QED) is 0.860. The van der Waals surface area contributed by atoms with Gasteiger partial charge in [0, 0.05) is 6.20 Å². The second kappa shape index (κ2) is 5.01. The van der Waals surface area contributed by atoms with Gasteiger partial charge in [0.2, 0.25) is 0 Å². The number of nitrogens with zero attached hydrogens (tertiary/aromatic N) is 1. The van der Waals surface area contributed by atoms with Gasteiger partial charge in [-0.2, -0.15) is 0 Å². The van der Waals surface area contributed by atoms with Gasteiger partial charge in [0.25, 0.3) is 0 Å². The van der Waals surface area contributed by atoms with E-state index < -0.39 is 23.8 Å². The van der Waals surface area contributed by atoms with Crippen LogP contribution in [0.25, 0.3) is 6.08 Å². The SMILES string of the molecule is O=C(O)N1C=Cc2ccccc2C1c1c(F)cccc1F. The minimum Gasteiger partial charge on any atom is -0.465 e. The minimum atomic E-state index is -1.27. The molecule has 1 N–H and O–H groups in total. The lowest BCUT2D eigenvalue weighted by Crippen LogP contribution is -2.33. The predicted molar refractivity (Wildman–Crippen MR) is 73.5 cm³/mol. The Labute approximate surface area is 119 Å². The Morgan fingerprint density at radius 1 is 1.05 bits per heavy atom. The van der Waals surface area contributed by atoms with E-state index in [0.717, 1.165) is 22.6 Å². The number of benzene rings is 2. The number of amides is 1. The van der Waals surface area contributed by atoms with E-state index in [0.29, 0.717) is 5.56 Å². The summed E-state index contributed by atoms with van der Waals surface area (Å²) in [5, 5.41) is 9.31. The van der Waals surface area contributed by atoms with Crippen molar-refractivity contribution in [2.24, 2.45) is 0 Å². The molecule has 1 aliphatic rings. The number of fused-ring (bicyclic) bond motifs is 1. The molecule has 1 amide bonds. The summed E-state index contributed by atoms with van der Waals surface area (Å²) < 4.78 is 28.2. The molecular weight excluding hydrogens is 276 g/mol. The lowest BCUT2D eigenvalue weighted by molar-refractivity contribution is 0.152. The first-order valence-corrected chi connectivity index (χ1v) is 6.32. The van der Waals surface area contributed by atoms with Crippen molar-refractivity contribution in [2.45, 2.75) is 6.04 Å². The Hall–Kier alpha value is -2.69. The van der Waals surface area contributed by atoms with Crippen LogP contribution in [0.4, 0.5) is 13.6 Å². The summed E-state index contributed by atoms with van der Waals surface area (Å²) in [5.74, 6) is -1.53. The zero-order chi connectivity index (χ0) is 15.0. The van der Waals surface area contributed by atoms with Gasteiger partial charge in [-0.25, -0.2) is 13.6 Å². The van der Waals surface area contributed by atoms with E-state index in [-0.39, 0.29) is 5.56 Å². The van der Waals surface area contributed by atoms with Gasteiger partial charge in [-0.15, -0.1) is 0 Å². The number of rotatable bonds is 1. The maximum atomic E-state index is 14.1. The van der Waals surface area contributed by atoms with Crippen molar-refractivity contribution < 1.29 is 18.7 Å². The van der Waals surface area contributed by atoms with Crippen LogP contribution in [-0.2, 0) is 0 Å². The molecule has 1 heterocycles. The van der Waals surface area contributed by atoms with Gasteiger partial charge in [0.15, 0.2) is 0 Å². The number of carboxylic acid groups (broad SMARTS) is 1. The topological polar surface area (TPSA) is 40.5 Å². The summed E-state index contributed by atoms with van der Waals surface area (Å²) in [6, 6.07) is 9.41. The normalized spacial score (nSPS) is 16.7. The molecule has 3 nitrogen and oxygen atoms in total.